The summed E-state index contributed by atoms with van der Waals surface area (Å²) in [5.41, 5.74) is 0.824. The minimum absolute atomic E-state index is 0.0745. The summed E-state index contributed by atoms with van der Waals surface area (Å²) < 4.78 is 35.3. The van der Waals surface area contributed by atoms with Crippen LogP contribution in [0.1, 0.15) is 12.5 Å². The molecular formula is C11H15ClFNO2S. The molecule has 6 heteroatoms. The van der Waals surface area contributed by atoms with Crippen LogP contribution in [0.15, 0.2) is 18.2 Å². The van der Waals surface area contributed by atoms with Gasteiger partial charge in [-0.15, -0.1) is 0 Å². The van der Waals surface area contributed by atoms with Crippen molar-refractivity contribution >= 4 is 21.4 Å². The maximum Gasteiger partial charge on any atom is 0.151 e. The zero-order valence-corrected chi connectivity index (χ0v) is 11.1. The lowest BCUT2D eigenvalue weighted by molar-refractivity contribution is 0.591. The molecule has 1 N–H and O–H groups in total. The van der Waals surface area contributed by atoms with Crippen molar-refractivity contribution in [3.8, 4) is 0 Å². The zero-order chi connectivity index (χ0) is 12.9. The van der Waals surface area contributed by atoms with Gasteiger partial charge in [-0.05, 0) is 17.7 Å². The van der Waals surface area contributed by atoms with Crippen LogP contribution in [0.5, 0.6) is 0 Å². The summed E-state index contributed by atoms with van der Waals surface area (Å²) in [5.74, 6) is -0.195. The first kappa shape index (κ1) is 14.4. The second kappa shape index (κ2) is 6.33. The molecule has 0 atom stereocenters. The van der Waals surface area contributed by atoms with Crippen LogP contribution in [-0.2, 0) is 16.4 Å². The molecule has 0 radical (unpaired) electrons. The predicted octanol–water partition coefficient (Wildman–Crippen LogP) is 2.00. The molecule has 1 aromatic rings. The summed E-state index contributed by atoms with van der Waals surface area (Å²) in [4.78, 5) is 0. The Bertz CT molecular complexity index is 476. The van der Waals surface area contributed by atoms with Gasteiger partial charge in [0.2, 0.25) is 0 Å². The van der Waals surface area contributed by atoms with Crippen molar-refractivity contribution in [3.63, 3.8) is 0 Å². The van der Waals surface area contributed by atoms with E-state index >= 15 is 0 Å². The van der Waals surface area contributed by atoms with Crippen LogP contribution in [0.4, 0.5) is 4.39 Å². The summed E-state index contributed by atoms with van der Waals surface area (Å²) in [6.45, 7) is 2.47. The van der Waals surface area contributed by atoms with Crippen LogP contribution in [0.2, 0.25) is 5.02 Å². The molecule has 0 unspecified atom stereocenters. The van der Waals surface area contributed by atoms with Crippen LogP contribution in [-0.4, -0.2) is 26.5 Å². The van der Waals surface area contributed by atoms with Gasteiger partial charge >= 0.3 is 0 Å². The zero-order valence-electron chi connectivity index (χ0n) is 9.54. The number of benzene rings is 1. The van der Waals surface area contributed by atoms with Crippen LogP contribution in [0.25, 0.3) is 0 Å². The largest absolute Gasteiger partial charge is 0.312 e. The van der Waals surface area contributed by atoms with Gasteiger partial charge in [0, 0.05) is 18.8 Å². The first-order chi connectivity index (χ1) is 7.94. The summed E-state index contributed by atoms with van der Waals surface area (Å²) in [5, 5.41) is 3.05. The highest BCUT2D eigenvalue weighted by Gasteiger charge is 2.06. The van der Waals surface area contributed by atoms with E-state index in [0.29, 0.717) is 13.1 Å². The Kier molecular flexibility index (Phi) is 5.36. The Morgan fingerprint density at radius 3 is 2.71 bits per heavy atom. The average Bonchev–Trinajstić information content (AvgIpc) is 2.29. The maximum atomic E-state index is 12.9. The first-order valence-electron chi connectivity index (χ1n) is 5.29. The van der Waals surface area contributed by atoms with Crippen LogP contribution in [0.3, 0.4) is 0 Å². The molecule has 0 fully saturated rings. The molecule has 0 saturated carbocycles. The van der Waals surface area contributed by atoms with E-state index in [-0.39, 0.29) is 16.5 Å². The normalized spacial score (nSPS) is 11.7. The van der Waals surface area contributed by atoms with Gasteiger partial charge in [0.1, 0.15) is 5.82 Å². The summed E-state index contributed by atoms with van der Waals surface area (Å²) in [6.07, 6.45) is 0. The molecular weight excluding hydrogens is 265 g/mol. The molecule has 17 heavy (non-hydrogen) atoms. The van der Waals surface area contributed by atoms with Gasteiger partial charge in [0.15, 0.2) is 9.84 Å². The van der Waals surface area contributed by atoms with Crippen molar-refractivity contribution in [2.45, 2.75) is 13.5 Å². The first-order valence-corrected chi connectivity index (χ1v) is 7.49. The van der Waals surface area contributed by atoms with E-state index in [1.165, 1.54) is 12.1 Å². The van der Waals surface area contributed by atoms with Gasteiger partial charge in [-0.25, -0.2) is 12.8 Å². The highest BCUT2D eigenvalue weighted by molar-refractivity contribution is 7.91. The number of hydrogen-bond acceptors (Lipinski definition) is 3. The molecule has 0 aromatic heterocycles. The Hall–Kier alpha value is -0.650. The third-order valence-corrected chi connectivity index (χ3v) is 4.34. The highest BCUT2D eigenvalue weighted by atomic mass is 35.5. The fraction of sp³-hybridized carbons (Fsp3) is 0.455. The molecule has 0 aliphatic heterocycles. The van der Waals surface area contributed by atoms with E-state index in [9.17, 15) is 12.8 Å². The van der Waals surface area contributed by atoms with Crippen LogP contribution < -0.4 is 5.32 Å². The Balaban J connectivity index is 2.39. The number of sulfone groups is 1. The average molecular weight is 280 g/mol. The second-order valence-electron chi connectivity index (χ2n) is 3.66. The summed E-state index contributed by atoms with van der Waals surface area (Å²) in [7, 11) is -2.94. The van der Waals surface area contributed by atoms with E-state index in [1.807, 2.05) is 0 Å². The van der Waals surface area contributed by atoms with Gasteiger partial charge in [-0.1, -0.05) is 24.6 Å². The van der Waals surface area contributed by atoms with E-state index in [2.05, 4.69) is 5.32 Å². The summed E-state index contributed by atoms with van der Waals surface area (Å²) >= 11 is 5.62. The third-order valence-electron chi connectivity index (χ3n) is 2.34. The van der Waals surface area contributed by atoms with Crippen molar-refractivity contribution in [1.29, 1.82) is 0 Å². The Morgan fingerprint density at radius 2 is 2.12 bits per heavy atom. The van der Waals surface area contributed by atoms with Gasteiger partial charge in [-0.2, -0.15) is 0 Å². The van der Waals surface area contributed by atoms with Crippen molar-refractivity contribution in [3.05, 3.63) is 34.6 Å². The topological polar surface area (TPSA) is 46.2 Å². The van der Waals surface area contributed by atoms with Crippen LogP contribution >= 0.6 is 11.6 Å². The van der Waals surface area contributed by atoms with E-state index < -0.39 is 15.7 Å². The Labute approximate surface area is 106 Å². The minimum Gasteiger partial charge on any atom is -0.312 e. The second-order valence-corrected chi connectivity index (χ2v) is 6.54. The SMILES string of the molecule is CCS(=O)(=O)CCNCc1ccc(F)c(Cl)c1. The molecule has 0 saturated heterocycles. The van der Waals surface area contributed by atoms with E-state index in [0.717, 1.165) is 5.56 Å². The summed E-state index contributed by atoms with van der Waals surface area (Å²) in [6, 6.07) is 4.43. The predicted molar refractivity (Wildman–Crippen MR) is 67.4 cm³/mol. The lowest BCUT2D eigenvalue weighted by Crippen LogP contribution is -2.23. The van der Waals surface area contributed by atoms with Crippen molar-refractivity contribution in [2.75, 3.05) is 18.1 Å². The number of nitrogens with one attached hydrogen (secondary N) is 1. The van der Waals surface area contributed by atoms with Crippen molar-refractivity contribution in [1.82, 2.24) is 5.32 Å². The molecule has 96 valence electrons. The molecule has 3 nitrogen and oxygen atoms in total. The standard InChI is InChI=1S/C11H15ClFNO2S/c1-2-17(15,16)6-5-14-8-9-3-4-11(13)10(12)7-9/h3-4,7,14H,2,5-6,8H2,1H3. The highest BCUT2D eigenvalue weighted by Crippen LogP contribution is 2.15. The molecule has 0 bridgehead atoms. The molecule has 0 aliphatic rings. The molecule has 0 heterocycles. The molecule has 0 spiro atoms. The number of rotatable bonds is 6. The van der Waals surface area contributed by atoms with Crippen molar-refractivity contribution in [2.24, 2.45) is 0 Å². The van der Waals surface area contributed by atoms with Gasteiger partial charge < -0.3 is 5.32 Å². The molecule has 1 aromatic carbocycles. The Morgan fingerprint density at radius 1 is 1.41 bits per heavy atom. The number of halogens is 2. The smallest absolute Gasteiger partial charge is 0.151 e. The molecule has 0 amide bonds. The van der Waals surface area contributed by atoms with E-state index in [4.69, 9.17) is 11.6 Å². The lowest BCUT2D eigenvalue weighted by atomic mass is 10.2. The molecule has 1 rings (SSSR count). The van der Waals surface area contributed by atoms with Crippen molar-refractivity contribution < 1.29 is 12.8 Å². The molecule has 0 aliphatic carbocycles. The third kappa shape index (κ3) is 5.02. The number of hydrogen-bond donors (Lipinski definition) is 1. The fourth-order valence-corrected chi connectivity index (χ4v) is 2.20. The van der Waals surface area contributed by atoms with E-state index in [1.54, 1.807) is 13.0 Å². The van der Waals surface area contributed by atoms with Gasteiger partial charge in [-0.3, -0.25) is 0 Å². The lowest BCUT2D eigenvalue weighted by Gasteiger charge is -2.05. The fourth-order valence-electron chi connectivity index (χ4n) is 1.25. The van der Waals surface area contributed by atoms with Crippen LogP contribution in [0, 0.1) is 5.82 Å². The minimum atomic E-state index is -2.94. The van der Waals surface area contributed by atoms with Gasteiger partial charge in [0.05, 0.1) is 10.8 Å². The monoisotopic (exact) mass is 279 g/mol. The van der Waals surface area contributed by atoms with Gasteiger partial charge in [0.25, 0.3) is 0 Å². The quantitative estimate of drug-likeness (QED) is 0.810. The maximum absolute atomic E-state index is 12.9.